The second kappa shape index (κ2) is 12.8. The Kier molecular flexibility index (Phi) is 9.27. The number of halogens is 1. The number of rotatable bonds is 8. The summed E-state index contributed by atoms with van der Waals surface area (Å²) in [5.41, 5.74) is 3.16. The number of thioether (sulfide) groups is 1. The zero-order valence-corrected chi connectivity index (χ0v) is 24.4. The molecule has 39 heavy (non-hydrogen) atoms. The van der Waals surface area contributed by atoms with Gasteiger partial charge in [-0.15, -0.1) is 0 Å². The molecule has 1 aliphatic rings. The van der Waals surface area contributed by atoms with E-state index < -0.39 is 5.97 Å². The lowest BCUT2D eigenvalue weighted by molar-refractivity contribution is -0.121. The summed E-state index contributed by atoms with van der Waals surface area (Å²) in [6, 6.07) is 19.9. The second-order valence-corrected chi connectivity index (χ2v) is 10.4. The number of hydrogen-bond acceptors (Lipinski definition) is 8. The summed E-state index contributed by atoms with van der Waals surface area (Å²) < 4.78 is 17.4. The highest BCUT2D eigenvalue weighted by Gasteiger charge is 2.30. The van der Waals surface area contributed by atoms with E-state index in [1.54, 1.807) is 63.6 Å². The van der Waals surface area contributed by atoms with Gasteiger partial charge in [-0.3, -0.25) is 9.69 Å². The number of esters is 1. The maximum absolute atomic E-state index is 13.0. The Bertz CT molecular complexity index is 1510. The van der Waals surface area contributed by atoms with Gasteiger partial charge in [-0.05, 0) is 95.4 Å². The van der Waals surface area contributed by atoms with Crippen molar-refractivity contribution in [3.05, 3.63) is 91.4 Å². The summed E-state index contributed by atoms with van der Waals surface area (Å²) in [5, 5.41) is 9.86. The molecule has 0 aromatic heterocycles. The monoisotopic (exact) mass is 653 g/mol. The lowest BCUT2D eigenvalue weighted by Crippen LogP contribution is -2.23. The lowest BCUT2D eigenvalue weighted by atomic mass is 10.1. The largest absolute Gasteiger partial charge is 0.493 e. The van der Waals surface area contributed by atoms with Crippen LogP contribution >= 0.6 is 34.4 Å². The van der Waals surface area contributed by atoms with E-state index in [4.69, 9.17) is 14.2 Å². The third-order valence-electron chi connectivity index (χ3n) is 5.67. The fraction of sp³-hybridized carbons (Fsp3) is 0.172. The van der Waals surface area contributed by atoms with Crippen LogP contribution in [0.2, 0.25) is 0 Å². The van der Waals surface area contributed by atoms with Crippen molar-refractivity contribution in [1.82, 2.24) is 4.90 Å². The van der Waals surface area contributed by atoms with Crippen LogP contribution in [0, 0.1) is 14.9 Å². The van der Waals surface area contributed by atoms with Crippen LogP contribution in [0.25, 0.3) is 6.08 Å². The molecule has 0 unspecified atom stereocenters. The van der Waals surface area contributed by atoms with E-state index in [-0.39, 0.29) is 12.5 Å². The van der Waals surface area contributed by atoms with Crippen LogP contribution < -0.4 is 9.47 Å². The fourth-order valence-electron chi connectivity index (χ4n) is 3.67. The standard InChI is InChI=1S/C29H24IN3O5S/c1-4-37-28(35)19-9-11-22(12-10-19)32-29-33(2)27(34)25(39-29)15-18-13-23(30)26(24(14-18)36-3)38-17-21-8-6-5-7-20(21)16-31/h5-15H,4,17H2,1-3H3/b25-15-,32-29?. The SMILES string of the molecule is CCOC(=O)c1ccc(N=C2S/C(=C\c3cc(I)c(OCc4ccccc4C#N)c(OC)c3)C(=O)N2C)cc1. The first-order chi connectivity index (χ1) is 18.8. The number of amidine groups is 1. The summed E-state index contributed by atoms with van der Waals surface area (Å²) in [5.74, 6) is 0.508. The number of likely N-dealkylation sites (N-methyl/N-ethyl adjacent to an activating group) is 1. The third kappa shape index (κ3) is 6.61. The Morgan fingerprint density at radius 2 is 1.92 bits per heavy atom. The predicted molar refractivity (Wildman–Crippen MR) is 159 cm³/mol. The number of carbonyl (C=O) groups excluding carboxylic acids is 2. The van der Waals surface area contributed by atoms with Crippen molar-refractivity contribution in [2.24, 2.45) is 4.99 Å². The number of hydrogen-bond donors (Lipinski definition) is 0. The van der Waals surface area contributed by atoms with Gasteiger partial charge in [0.1, 0.15) is 6.61 Å². The van der Waals surface area contributed by atoms with Gasteiger partial charge >= 0.3 is 5.97 Å². The Hall–Kier alpha value is -3.82. The molecule has 0 N–H and O–H groups in total. The Labute approximate surface area is 244 Å². The quantitative estimate of drug-likeness (QED) is 0.163. The summed E-state index contributed by atoms with van der Waals surface area (Å²) in [7, 11) is 3.22. The molecular formula is C29H24IN3O5S. The van der Waals surface area contributed by atoms with Crippen molar-refractivity contribution in [3.63, 3.8) is 0 Å². The number of carbonyl (C=O) groups is 2. The molecule has 0 bridgehead atoms. The van der Waals surface area contributed by atoms with Crippen molar-refractivity contribution in [2.75, 3.05) is 20.8 Å². The Morgan fingerprint density at radius 3 is 2.62 bits per heavy atom. The van der Waals surface area contributed by atoms with Crippen LogP contribution in [0.1, 0.15) is 34.0 Å². The molecule has 0 radical (unpaired) electrons. The molecule has 10 heteroatoms. The van der Waals surface area contributed by atoms with Gasteiger partial charge in [0.05, 0.1) is 45.1 Å². The van der Waals surface area contributed by atoms with Gasteiger partial charge in [0.2, 0.25) is 0 Å². The molecular weight excluding hydrogens is 629 g/mol. The van der Waals surface area contributed by atoms with Gasteiger partial charge in [-0.25, -0.2) is 9.79 Å². The second-order valence-electron chi connectivity index (χ2n) is 8.23. The van der Waals surface area contributed by atoms with Gasteiger partial charge in [0, 0.05) is 12.6 Å². The van der Waals surface area contributed by atoms with Crippen molar-refractivity contribution in [2.45, 2.75) is 13.5 Å². The van der Waals surface area contributed by atoms with Crippen LogP contribution in [0.15, 0.2) is 70.6 Å². The number of amides is 1. The van der Waals surface area contributed by atoms with Crippen LogP contribution in [0.4, 0.5) is 5.69 Å². The predicted octanol–water partition coefficient (Wildman–Crippen LogP) is 6.16. The number of ether oxygens (including phenoxy) is 3. The maximum Gasteiger partial charge on any atom is 0.338 e. The van der Waals surface area contributed by atoms with E-state index >= 15 is 0 Å². The minimum Gasteiger partial charge on any atom is -0.493 e. The zero-order valence-electron chi connectivity index (χ0n) is 21.4. The molecule has 8 nitrogen and oxygen atoms in total. The van der Waals surface area contributed by atoms with Crippen molar-refractivity contribution >= 4 is 63.2 Å². The molecule has 1 heterocycles. The van der Waals surface area contributed by atoms with Gasteiger partial charge < -0.3 is 14.2 Å². The Balaban J connectivity index is 1.54. The minimum atomic E-state index is -0.391. The molecule has 198 valence electrons. The summed E-state index contributed by atoms with van der Waals surface area (Å²) in [6.07, 6.45) is 1.79. The Morgan fingerprint density at radius 1 is 1.18 bits per heavy atom. The van der Waals surface area contributed by atoms with E-state index in [0.717, 1.165) is 14.7 Å². The van der Waals surface area contributed by atoms with Crippen LogP contribution in [-0.4, -0.2) is 42.7 Å². The van der Waals surface area contributed by atoms with E-state index in [0.29, 0.717) is 45.0 Å². The molecule has 1 aliphatic heterocycles. The molecule has 3 aromatic rings. The van der Waals surface area contributed by atoms with E-state index in [2.05, 4.69) is 33.7 Å². The van der Waals surface area contributed by atoms with E-state index in [9.17, 15) is 14.9 Å². The van der Waals surface area contributed by atoms with Crippen molar-refractivity contribution < 1.29 is 23.8 Å². The molecule has 1 fully saturated rings. The summed E-state index contributed by atoms with van der Waals surface area (Å²) in [4.78, 5) is 31.4. The van der Waals surface area contributed by atoms with Crippen molar-refractivity contribution in [3.8, 4) is 17.6 Å². The highest BCUT2D eigenvalue weighted by Crippen LogP contribution is 2.38. The fourth-order valence-corrected chi connectivity index (χ4v) is 5.44. The smallest absolute Gasteiger partial charge is 0.338 e. The lowest BCUT2D eigenvalue weighted by Gasteiger charge is -2.14. The minimum absolute atomic E-state index is 0.177. The molecule has 1 saturated heterocycles. The molecule has 1 amide bonds. The first-order valence-corrected chi connectivity index (χ1v) is 13.8. The molecule has 4 rings (SSSR count). The van der Waals surface area contributed by atoms with E-state index in [1.807, 2.05) is 24.3 Å². The first kappa shape index (κ1) is 28.2. The number of nitrogens with zero attached hydrogens (tertiary/aromatic N) is 3. The average molecular weight is 653 g/mol. The molecule has 0 aliphatic carbocycles. The molecule has 0 spiro atoms. The highest BCUT2D eigenvalue weighted by molar-refractivity contribution is 14.1. The molecule has 0 atom stereocenters. The van der Waals surface area contributed by atoms with Crippen LogP contribution in [0.3, 0.4) is 0 Å². The van der Waals surface area contributed by atoms with Crippen molar-refractivity contribution in [1.29, 1.82) is 5.26 Å². The number of aliphatic imine (C=N–C) groups is 1. The van der Waals surface area contributed by atoms with Crippen LogP contribution in [-0.2, 0) is 16.1 Å². The topological polar surface area (TPSA) is 101 Å². The summed E-state index contributed by atoms with van der Waals surface area (Å²) in [6.45, 7) is 2.28. The normalized spacial score (nSPS) is 14.9. The summed E-state index contributed by atoms with van der Waals surface area (Å²) >= 11 is 3.43. The third-order valence-corrected chi connectivity index (χ3v) is 7.53. The zero-order chi connectivity index (χ0) is 27.9. The average Bonchev–Trinajstić information content (AvgIpc) is 3.20. The highest BCUT2D eigenvalue weighted by atomic mass is 127. The van der Waals surface area contributed by atoms with E-state index in [1.165, 1.54) is 16.7 Å². The first-order valence-electron chi connectivity index (χ1n) is 11.9. The number of methoxy groups -OCH3 is 1. The number of benzene rings is 3. The molecule has 0 saturated carbocycles. The van der Waals surface area contributed by atoms with Gasteiger partial charge in [0.25, 0.3) is 5.91 Å². The van der Waals surface area contributed by atoms with Gasteiger partial charge in [-0.1, -0.05) is 18.2 Å². The van der Waals surface area contributed by atoms with Crippen LogP contribution in [0.5, 0.6) is 11.5 Å². The number of nitriles is 1. The maximum atomic E-state index is 13.0. The van der Waals surface area contributed by atoms with Gasteiger partial charge in [-0.2, -0.15) is 5.26 Å². The van der Waals surface area contributed by atoms with Gasteiger partial charge in [0.15, 0.2) is 16.7 Å². The molecule has 3 aromatic carbocycles.